The van der Waals surface area contributed by atoms with Gasteiger partial charge in [0.05, 0.1) is 31.3 Å². The van der Waals surface area contributed by atoms with E-state index in [1.54, 1.807) is 13.8 Å². The molecule has 0 bridgehead atoms. The molecule has 1 aliphatic rings. The van der Waals surface area contributed by atoms with Crippen LogP contribution in [0, 0.1) is 11.8 Å². The molecule has 29 heavy (non-hydrogen) atoms. The van der Waals surface area contributed by atoms with Crippen LogP contribution >= 0.6 is 0 Å². The first-order valence-corrected chi connectivity index (χ1v) is 10.5. The average Bonchev–Trinajstić information content (AvgIpc) is 2.59. The van der Waals surface area contributed by atoms with Gasteiger partial charge in [0.15, 0.2) is 12.2 Å². The first-order chi connectivity index (χ1) is 13.7. The van der Waals surface area contributed by atoms with Crippen molar-refractivity contribution in [3.05, 3.63) is 0 Å². The van der Waals surface area contributed by atoms with Crippen molar-refractivity contribution < 1.29 is 33.3 Å². The molecule has 0 saturated carbocycles. The van der Waals surface area contributed by atoms with Crippen molar-refractivity contribution in [1.82, 2.24) is 0 Å². The number of hydrogen-bond donors (Lipinski definition) is 0. The zero-order chi connectivity index (χ0) is 22.0. The number of nitrogens with zero attached hydrogens (tertiary/aromatic N) is 1. The number of hydrogen-bond acceptors (Lipinski definition) is 8. The molecular weight excluding hydrogens is 378 g/mol. The summed E-state index contributed by atoms with van der Waals surface area (Å²) in [5, 5.41) is 0. The third-order valence-corrected chi connectivity index (χ3v) is 4.48. The summed E-state index contributed by atoms with van der Waals surface area (Å²) in [5.74, 6) is -2.35. The van der Waals surface area contributed by atoms with Gasteiger partial charge in [-0.3, -0.25) is 9.59 Å². The molecule has 0 amide bonds. The van der Waals surface area contributed by atoms with Crippen molar-refractivity contribution in [1.29, 1.82) is 0 Å². The highest BCUT2D eigenvalue weighted by Crippen LogP contribution is 2.33. The van der Waals surface area contributed by atoms with Gasteiger partial charge >= 0.3 is 11.9 Å². The van der Waals surface area contributed by atoms with Gasteiger partial charge in [-0.15, -0.1) is 0 Å². The van der Waals surface area contributed by atoms with Crippen molar-refractivity contribution >= 4 is 17.8 Å². The Bertz CT molecular complexity index is 555. The van der Waals surface area contributed by atoms with E-state index >= 15 is 0 Å². The molecule has 1 rings (SSSR count). The van der Waals surface area contributed by atoms with E-state index in [1.807, 2.05) is 34.6 Å². The summed E-state index contributed by atoms with van der Waals surface area (Å²) in [6.07, 6.45) is -0.306. The van der Waals surface area contributed by atoms with Crippen LogP contribution in [0.5, 0.6) is 0 Å². The molecule has 1 aliphatic heterocycles. The maximum Gasteiger partial charge on any atom is 0.318 e. The van der Waals surface area contributed by atoms with E-state index in [0.29, 0.717) is 13.2 Å². The standard InChI is InChI=1S/C21H37NO7/c1-8-25-16(23)12-15(20(27-10-3)28-11-4)17(19(24)26-9-2)18-22-21(6,7)13-14(5)29-18/h14-15,17,20H,8-13H2,1-7H3. The van der Waals surface area contributed by atoms with Gasteiger partial charge in [0, 0.05) is 25.6 Å². The fraction of sp³-hybridized carbons (Fsp3) is 0.857. The zero-order valence-electron chi connectivity index (χ0n) is 18.9. The predicted octanol–water partition coefficient (Wildman–Crippen LogP) is 3.12. The number of esters is 2. The quantitative estimate of drug-likeness (QED) is 0.357. The molecule has 0 aliphatic carbocycles. The fourth-order valence-electron chi connectivity index (χ4n) is 3.56. The fourth-order valence-corrected chi connectivity index (χ4v) is 3.56. The molecule has 0 spiro atoms. The summed E-state index contributed by atoms with van der Waals surface area (Å²) in [7, 11) is 0. The lowest BCUT2D eigenvalue weighted by atomic mass is 9.86. The third kappa shape index (κ3) is 7.93. The summed E-state index contributed by atoms with van der Waals surface area (Å²) in [5.41, 5.74) is -0.404. The smallest absolute Gasteiger partial charge is 0.318 e. The molecule has 0 aromatic carbocycles. The maximum absolute atomic E-state index is 13.0. The van der Waals surface area contributed by atoms with Crippen LogP contribution in [0.15, 0.2) is 4.99 Å². The van der Waals surface area contributed by atoms with Crippen molar-refractivity contribution in [3.63, 3.8) is 0 Å². The lowest BCUT2D eigenvalue weighted by Crippen LogP contribution is -2.47. The van der Waals surface area contributed by atoms with Crippen LogP contribution < -0.4 is 0 Å². The Morgan fingerprint density at radius 2 is 1.66 bits per heavy atom. The molecule has 0 aromatic rings. The molecule has 3 atom stereocenters. The number of ether oxygens (including phenoxy) is 5. The van der Waals surface area contributed by atoms with Gasteiger partial charge in [-0.25, -0.2) is 4.99 Å². The minimum atomic E-state index is -0.940. The molecule has 0 aromatic heterocycles. The molecule has 0 saturated heterocycles. The Kier molecular flexibility index (Phi) is 10.6. The maximum atomic E-state index is 13.0. The van der Waals surface area contributed by atoms with Crippen LogP contribution in [0.4, 0.5) is 0 Å². The topological polar surface area (TPSA) is 92.7 Å². The second-order valence-corrected chi connectivity index (χ2v) is 7.58. The first-order valence-electron chi connectivity index (χ1n) is 10.5. The Morgan fingerprint density at radius 1 is 1.07 bits per heavy atom. The highest BCUT2D eigenvalue weighted by molar-refractivity contribution is 5.99. The lowest BCUT2D eigenvalue weighted by molar-refractivity contribution is -0.189. The van der Waals surface area contributed by atoms with Crippen LogP contribution in [-0.2, 0) is 33.3 Å². The molecule has 0 N–H and O–H groups in total. The summed E-state index contributed by atoms with van der Waals surface area (Å²) >= 11 is 0. The van der Waals surface area contributed by atoms with E-state index in [4.69, 9.17) is 23.7 Å². The monoisotopic (exact) mass is 415 g/mol. The van der Waals surface area contributed by atoms with E-state index in [2.05, 4.69) is 4.99 Å². The number of carbonyl (C=O) groups excluding carboxylic acids is 2. The normalized spacial score (nSPS) is 20.4. The highest BCUT2D eigenvalue weighted by Gasteiger charge is 2.45. The second-order valence-electron chi connectivity index (χ2n) is 7.58. The molecule has 168 valence electrons. The van der Waals surface area contributed by atoms with Crippen molar-refractivity contribution in [2.24, 2.45) is 16.8 Å². The van der Waals surface area contributed by atoms with Gasteiger partial charge in [0.25, 0.3) is 0 Å². The van der Waals surface area contributed by atoms with Crippen molar-refractivity contribution in [2.45, 2.75) is 79.2 Å². The molecule has 0 radical (unpaired) electrons. The van der Waals surface area contributed by atoms with E-state index in [9.17, 15) is 9.59 Å². The SMILES string of the molecule is CCOC(=O)CC(C(OCC)OCC)C(C(=O)OCC)C1=NC(C)(C)CC(C)O1. The molecule has 8 nitrogen and oxygen atoms in total. The third-order valence-electron chi connectivity index (χ3n) is 4.48. The minimum absolute atomic E-state index is 0.0841. The van der Waals surface area contributed by atoms with Crippen LogP contribution in [-0.4, -0.2) is 62.2 Å². The lowest BCUT2D eigenvalue weighted by Gasteiger charge is -2.37. The van der Waals surface area contributed by atoms with Crippen molar-refractivity contribution in [3.8, 4) is 0 Å². The van der Waals surface area contributed by atoms with Crippen LogP contribution in [0.2, 0.25) is 0 Å². The number of rotatable bonds is 12. The predicted molar refractivity (Wildman–Crippen MR) is 109 cm³/mol. The summed E-state index contributed by atoms with van der Waals surface area (Å²) in [4.78, 5) is 30.0. The minimum Gasteiger partial charge on any atom is -0.477 e. The largest absolute Gasteiger partial charge is 0.477 e. The highest BCUT2D eigenvalue weighted by atomic mass is 16.7. The molecule has 3 unspecified atom stereocenters. The molecule has 8 heteroatoms. The summed E-state index contributed by atoms with van der Waals surface area (Å²) in [6, 6.07) is 0. The van der Waals surface area contributed by atoms with Gasteiger partial charge in [0.2, 0.25) is 0 Å². The van der Waals surface area contributed by atoms with Crippen LogP contribution in [0.25, 0.3) is 0 Å². The van der Waals surface area contributed by atoms with Gasteiger partial charge in [-0.05, 0) is 48.5 Å². The molecule has 1 heterocycles. The summed E-state index contributed by atoms with van der Waals surface area (Å²) < 4.78 is 27.9. The first kappa shape index (κ1) is 25.4. The average molecular weight is 416 g/mol. The number of carbonyl (C=O) groups is 2. The van der Waals surface area contributed by atoms with E-state index in [0.717, 1.165) is 6.42 Å². The second kappa shape index (κ2) is 12.1. The Labute approximate surface area is 174 Å². The Morgan fingerprint density at radius 3 is 2.14 bits per heavy atom. The van der Waals surface area contributed by atoms with E-state index < -0.39 is 35.6 Å². The van der Waals surface area contributed by atoms with E-state index in [1.165, 1.54) is 0 Å². The van der Waals surface area contributed by atoms with E-state index in [-0.39, 0.29) is 31.6 Å². The van der Waals surface area contributed by atoms with Gasteiger partial charge < -0.3 is 23.7 Å². The zero-order valence-corrected chi connectivity index (χ0v) is 18.9. The van der Waals surface area contributed by atoms with Gasteiger partial charge in [0.1, 0.15) is 5.92 Å². The Balaban J connectivity index is 3.42. The number of aliphatic imine (C=N–C) groups is 1. The van der Waals surface area contributed by atoms with Gasteiger partial charge in [-0.2, -0.15) is 0 Å². The summed E-state index contributed by atoms with van der Waals surface area (Å²) in [6.45, 7) is 14.2. The molecule has 0 fully saturated rings. The van der Waals surface area contributed by atoms with Gasteiger partial charge in [-0.1, -0.05) is 0 Å². The van der Waals surface area contributed by atoms with Crippen molar-refractivity contribution in [2.75, 3.05) is 26.4 Å². The van der Waals surface area contributed by atoms with Crippen LogP contribution in [0.3, 0.4) is 0 Å². The van der Waals surface area contributed by atoms with Crippen LogP contribution in [0.1, 0.15) is 61.3 Å². The molecular formula is C21H37NO7. The Hall–Kier alpha value is -1.67.